The number of hydrogen-bond acceptors (Lipinski definition) is 5. The molecule has 3 aromatic rings. The predicted octanol–water partition coefficient (Wildman–Crippen LogP) is 4.51. The van der Waals surface area contributed by atoms with E-state index >= 15 is 0 Å². The van der Waals surface area contributed by atoms with E-state index in [0.717, 1.165) is 5.56 Å². The second kappa shape index (κ2) is 7.49. The van der Waals surface area contributed by atoms with E-state index in [0.29, 0.717) is 17.9 Å². The fourth-order valence-electron chi connectivity index (χ4n) is 4.30. The zero-order valence-electron chi connectivity index (χ0n) is 16.3. The summed E-state index contributed by atoms with van der Waals surface area (Å²) in [7, 11) is 0. The van der Waals surface area contributed by atoms with Crippen LogP contribution in [-0.4, -0.2) is 46.1 Å². The third-order valence-electron chi connectivity index (χ3n) is 5.94. The van der Waals surface area contributed by atoms with Gasteiger partial charge < -0.3 is 4.52 Å². The maximum atomic E-state index is 5.08. The van der Waals surface area contributed by atoms with Crippen molar-refractivity contribution in [3.05, 3.63) is 60.0 Å². The van der Waals surface area contributed by atoms with Gasteiger partial charge in [-0.3, -0.25) is 9.80 Å². The van der Waals surface area contributed by atoms with Gasteiger partial charge in [-0.25, -0.2) is 0 Å². The number of aromatic nitrogens is 2. The predicted molar refractivity (Wildman–Crippen MR) is 110 cm³/mol. The molecule has 5 nitrogen and oxygen atoms in total. The van der Waals surface area contributed by atoms with Gasteiger partial charge in [-0.2, -0.15) is 4.98 Å². The Morgan fingerprint density at radius 1 is 0.750 bits per heavy atom. The Morgan fingerprint density at radius 3 is 1.79 bits per heavy atom. The maximum absolute atomic E-state index is 5.08. The highest BCUT2D eigenvalue weighted by atomic mass is 16.5. The summed E-state index contributed by atoms with van der Waals surface area (Å²) in [6.45, 7) is 6.70. The number of rotatable bonds is 5. The molecule has 1 atom stereocenters. The molecule has 2 fully saturated rings. The van der Waals surface area contributed by atoms with Crippen LogP contribution in [0.15, 0.2) is 53.1 Å². The Labute approximate surface area is 166 Å². The molecule has 2 aromatic carbocycles. The molecular formula is C23H26N4O. The summed E-state index contributed by atoms with van der Waals surface area (Å²) in [6.07, 6.45) is 4.44. The Hall–Kier alpha value is -2.50. The summed E-state index contributed by atoms with van der Waals surface area (Å²) in [5.74, 6) is 1.23. The van der Waals surface area contributed by atoms with Gasteiger partial charge >= 0.3 is 0 Å². The Bertz CT molecular complexity index is 922. The number of benzene rings is 2. The van der Waals surface area contributed by atoms with Crippen LogP contribution < -0.4 is 0 Å². The van der Waals surface area contributed by atoms with Gasteiger partial charge in [0.25, 0.3) is 0 Å². The summed E-state index contributed by atoms with van der Waals surface area (Å²) < 4.78 is 5.08. The van der Waals surface area contributed by atoms with Gasteiger partial charge in [-0.05, 0) is 49.0 Å². The van der Waals surface area contributed by atoms with Gasteiger partial charge in [0.2, 0.25) is 11.7 Å². The first-order valence-electron chi connectivity index (χ1n) is 10.3. The molecule has 0 N–H and O–H groups in total. The molecule has 3 heterocycles. The summed E-state index contributed by atoms with van der Waals surface area (Å²) in [4.78, 5) is 9.56. The maximum Gasteiger partial charge on any atom is 0.223 e. The van der Waals surface area contributed by atoms with Crippen LogP contribution in [0.4, 0.5) is 0 Å². The minimum absolute atomic E-state index is 0.453. The first-order chi connectivity index (χ1) is 13.8. The molecule has 2 aliphatic heterocycles. The fourth-order valence-corrected chi connectivity index (χ4v) is 4.30. The molecule has 2 saturated heterocycles. The highest BCUT2D eigenvalue weighted by Gasteiger charge is 2.31. The van der Waals surface area contributed by atoms with Crippen molar-refractivity contribution in [2.45, 2.75) is 32.4 Å². The van der Waals surface area contributed by atoms with Gasteiger partial charge in [0.05, 0.1) is 6.17 Å². The van der Waals surface area contributed by atoms with Gasteiger partial charge in [0.1, 0.15) is 0 Å². The molecule has 0 spiro atoms. The van der Waals surface area contributed by atoms with E-state index < -0.39 is 0 Å². The lowest BCUT2D eigenvalue weighted by atomic mass is 10.00. The number of nitrogens with zero attached hydrogens (tertiary/aromatic N) is 4. The van der Waals surface area contributed by atoms with Crippen LogP contribution in [0.5, 0.6) is 0 Å². The molecular weight excluding hydrogens is 348 g/mol. The van der Waals surface area contributed by atoms with E-state index in [2.05, 4.69) is 68.5 Å². The minimum Gasteiger partial charge on any atom is -0.339 e. The molecule has 1 aromatic heterocycles. The Kier molecular flexibility index (Phi) is 4.71. The van der Waals surface area contributed by atoms with Crippen LogP contribution in [0.3, 0.4) is 0 Å². The summed E-state index contributed by atoms with van der Waals surface area (Å²) >= 11 is 0. The van der Waals surface area contributed by atoms with Gasteiger partial charge in [-0.15, -0.1) is 0 Å². The molecule has 5 heteroatoms. The van der Waals surface area contributed by atoms with E-state index in [-0.39, 0.29) is 0 Å². The highest BCUT2D eigenvalue weighted by molar-refractivity contribution is 5.67. The van der Waals surface area contributed by atoms with Crippen molar-refractivity contribution >= 4 is 0 Å². The van der Waals surface area contributed by atoms with Crippen molar-refractivity contribution < 1.29 is 4.52 Å². The molecule has 1 unspecified atom stereocenters. The molecule has 0 bridgehead atoms. The largest absolute Gasteiger partial charge is 0.339 e. The lowest BCUT2D eigenvalue weighted by Gasteiger charge is -2.43. The molecule has 0 radical (unpaired) electrons. The van der Waals surface area contributed by atoms with Gasteiger partial charge in [0.15, 0.2) is 0 Å². The van der Waals surface area contributed by atoms with E-state index in [9.17, 15) is 0 Å². The van der Waals surface area contributed by atoms with Crippen molar-refractivity contribution in [3.8, 4) is 22.5 Å². The topological polar surface area (TPSA) is 45.4 Å². The fraction of sp³-hybridized carbons (Fsp3) is 0.391. The zero-order valence-corrected chi connectivity index (χ0v) is 16.3. The van der Waals surface area contributed by atoms with Gasteiger partial charge in [-0.1, -0.05) is 53.7 Å². The van der Waals surface area contributed by atoms with Crippen LogP contribution in [0, 0.1) is 6.92 Å². The Balaban J connectivity index is 1.36. The Morgan fingerprint density at radius 2 is 1.29 bits per heavy atom. The average molecular weight is 374 g/mol. The molecule has 0 amide bonds. The third kappa shape index (κ3) is 3.36. The molecule has 5 rings (SSSR count). The van der Waals surface area contributed by atoms with Crippen molar-refractivity contribution in [1.82, 2.24) is 19.9 Å². The zero-order chi connectivity index (χ0) is 18.9. The normalized spacial score (nSPS) is 18.9. The molecule has 144 valence electrons. The lowest BCUT2D eigenvalue weighted by molar-refractivity contribution is 0.0130. The summed E-state index contributed by atoms with van der Waals surface area (Å²) in [5, 5.41) is 3.99. The van der Waals surface area contributed by atoms with Crippen molar-refractivity contribution in [1.29, 1.82) is 0 Å². The van der Waals surface area contributed by atoms with Crippen LogP contribution in [0.1, 0.15) is 36.9 Å². The lowest BCUT2D eigenvalue weighted by Crippen LogP contribution is -2.47. The smallest absolute Gasteiger partial charge is 0.223 e. The van der Waals surface area contributed by atoms with Crippen molar-refractivity contribution in [2.75, 3.05) is 26.2 Å². The van der Waals surface area contributed by atoms with Crippen LogP contribution in [0.25, 0.3) is 22.5 Å². The van der Waals surface area contributed by atoms with E-state index in [1.807, 2.05) is 6.92 Å². The number of hydrogen-bond donors (Lipinski definition) is 0. The minimum atomic E-state index is 0.453. The summed E-state index contributed by atoms with van der Waals surface area (Å²) in [5.41, 5.74) is 4.84. The quantitative estimate of drug-likeness (QED) is 0.657. The van der Waals surface area contributed by atoms with Crippen molar-refractivity contribution in [2.24, 2.45) is 0 Å². The second-order valence-electron chi connectivity index (χ2n) is 7.84. The van der Waals surface area contributed by atoms with Crippen LogP contribution in [-0.2, 0) is 0 Å². The van der Waals surface area contributed by atoms with E-state index in [1.165, 1.54) is 62.1 Å². The SMILES string of the molecule is Cc1nc(-c2ccc(-c3ccc(C(N4CCCC4)N4CCC4)cc3)cc2)no1. The standard InChI is InChI=1S/C23H26N4O/c1-17-24-22(25-28-17)20-9-5-18(6-10-20)19-7-11-21(12-8-19)23(27-15-4-16-27)26-13-2-3-14-26/h5-12,23H,2-4,13-16H2,1H3. The average Bonchev–Trinajstić information content (AvgIpc) is 3.37. The number of aryl methyl sites for hydroxylation is 1. The summed E-state index contributed by atoms with van der Waals surface area (Å²) in [6, 6.07) is 17.5. The highest BCUT2D eigenvalue weighted by Crippen LogP contribution is 2.33. The number of likely N-dealkylation sites (tertiary alicyclic amines) is 2. The van der Waals surface area contributed by atoms with Crippen LogP contribution >= 0.6 is 0 Å². The van der Waals surface area contributed by atoms with Gasteiger partial charge in [0, 0.05) is 25.6 Å². The van der Waals surface area contributed by atoms with Crippen molar-refractivity contribution in [3.63, 3.8) is 0 Å². The molecule has 0 aliphatic carbocycles. The third-order valence-corrected chi connectivity index (χ3v) is 5.94. The molecule has 2 aliphatic rings. The molecule has 0 saturated carbocycles. The van der Waals surface area contributed by atoms with Crippen LogP contribution in [0.2, 0.25) is 0 Å². The first kappa shape index (κ1) is 17.6. The van der Waals surface area contributed by atoms with E-state index in [1.54, 1.807) is 0 Å². The van der Waals surface area contributed by atoms with E-state index in [4.69, 9.17) is 4.52 Å². The molecule has 28 heavy (non-hydrogen) atoms. The monoisotopic (exact) mass is 374 g/mol. The second-order valence-corrected chi connectivity index (χ2v) is 7.84. The first-order valence-corrected chi connectivity index (χ1v) is 10.3.